The Morgan fingerprint density at radius 1 is 0.931 bits per heavy atom. The minimum atomic E-state index is -4.41. The second-order valence-corrected chi connectivity index (χ2v) is 7.98. The van der Waals surface area contributed by atoms with Gasteiger partial charge in [-0.3, -0.25) is 4.79 Å². The van der Waals surface area contributed by atoms with Crippen LogP contribution in [0, 0.1) is 0 Å². The molecule has 0 spiro atoms. The molecule has 5 nitrogen and oxygen atoms in total. The highest BCUT2D eigenvalue weighted by Crippen LogP contribution is 2.34. The second kappa shape index (κ2) is 8.16. The van der Waals surface area contributed by atoms with Gasteiger partial charge in [0.2, 0.25) is 11.8 Å². The predicted molar refractivity (Wildman–Crippen MR) is 99.4 cm³/mol. The van der Waals surface area contributed by atoms with Crippen LogP contribution in [0.4, 0.5) is 13.2 Å². The lowest BCUT2D eigenvalue weighted by Gasteiger charge is -2.31. The maximum absolute atomic E-state index is 12.8. The summed E-state index contributed by atoms with van der Waals surface area (Å²) in [5, 5.41) is 8.49. The summed E-state index contributed by atoms with van der Waals surface area (Å²) >= 11 is 0. The molecule has 2 aliphatic rings. The lowest BCUT2D eigenvalue weighted by atomic mass is 9.89. The van der Waals surface area contributed by atoms with Gasteiger partial charge in [-0.1, -0.05) is 19.3 Å². The molecule has 2 heterocycles. The van der Waals surface area contributed by atoms with Crippen molar-refractivity contribution in [3.05, 3.63) is 47.2 Å². The Balaban J connectivity index is 1.43. The third-order valence-electron chi connectivity index (χ3n) is 5.93. The van der Waals surface area contributed by atoms with Crippen LogP contribution in [-0.4, -0.2) is 34.1 Å². The van der Waals surface area contributed by atoms with Gasteiger partial charge >= 0.3 is 6.18 Å². The van der Waals surface area contributed by atoms with E-state index in [0.717, 1.165) is 37.8 Å². The largest absolute Gasteiger partial charge is 0.425 e. The Labute approximate surface area is 167 Å². The van der Waals surface area contributed by atoms with Crippen LogP contribution in [0.3, 0.4) is 0 Å². The smallest absolute Gasteiger partial charge is 0.416 e. The molecule has 0 radical (unpaired) electrons. The summed E-state index contributed by atoms with van der Waals surface area (Å²) in [5.41, 5.74) is -0.501. The quantitative estimate of drug-likeness (QED) is 0.706. The monoisotopic (exact) mass is 407 g/mol. The van der Waals surface area contributed by atoms with Crippen molar-refractivity contribution in [2.24, 2.45) is 0 Å². The number of benzene rings is 1. The van der Waals surface area contributed by atoms with Gasteiger partial charge in [0.1, 0.15) is 0 Å². The maximum Gasteiger partial charge on any atom is 0.416 e. The third kappa shape index (κ3) is 4.46. The molecular formula is C21H24F3N3O2. The summed E-state index contributed by atoms with van der Waals surface area (Å²) < 4.78 is 44.2. The SMILES string of the molecule is O=C(c1ccc(C(F)(F)F)cc1)N1CCCC(c2nnc(C3CCCCC3)o2)C1. The van der Waals surface area contributed by atoms with Crippen molar-refractivity contribution in [3.8, 4) is 0 Å². The van der Waals surface area contributed by atoms with Crippen LogP contribution in [0.15, 0.2) is 28.7 Å². The van der Waals surface area contributed by atoms with Crippen LogP contribution in [0.5, 0.6) is 0 Å². The highest BCUT2D eigenvalue weighted by Gasteiger charge is 2.32. The van der Waals surface area contributed by atoms with E-state index in [1.165, 1.54) is 31.4 Å². The number of carbonyl (C=O) groups excluding carboxylic acids is 1. The van der Waals surface area contributed by atoms with Gasteiger partial charge in [-0.25, -0.2) is 0 Å². The molecule has 1 aliphatic carbocycles. The molecule has 1 saturated carbocycles. The molecular weight excluding hydrogens is 383 g/mol. The van der Waals surface area contributed by atoms with Gasteiger partial charge in [-0.15, -0.1) is 10.2 Å². The second-order valence-electron chi connectivity index (χ2n) is 7.98. The zero-order chi connectivity index (χ0) is 20.4. The van der Waals surface area contributed by atoms with Gasteiger partial charge in [0.15, 0.2) is 0 Å². The summed E-state index contributed by atoms with van der Waals surface area (Å²) in [6.45, 7) is 1.01. The van der Waals surface area contributed by atoms with E-state index < -0.39 is 11.7 Å². The van der Waals surface area contributed by atoms with Crippen LogP contribution in [0.2, 0.25) is 0 Å². The van der Waals surface area contributed by atoms with Crippen molar-refractivity contribution in [2.75, 3.05) is 13.1 Å². The van der Waals surface area contributed by atoms with E-state index in [1.54, 1.807) is 4.90 Å². The van der Waals surface area contributed by atoms with E-state index in [2.05, 4.69) is 10.2 Å². The first-order chi connectivity index (χ1) is 13.9. The molecule has 1 atom stereocenters. The summed E-state index contributed by atoms with van der Waals surface area (Å²) in [5.74, 6) is 1.29. The Morgan fingerprint density at radius 3 is 2.21 bits per heavy atom. The summed E-state index contributed by atoms with van der Waals surface area (Å²) in [6, 6.07) is 4.37. The van der Waals surface area contributed by atoms with Crippen molar-refractivity contribution in [1.82, 2.24) is 15.1 Å². The molecule has 1 unspecified atom stereocenters. The van der Waals surface area contributed by atoms with Crippen LogP contribution in [0.1, 0.15) is 84.5 Å². The Kier molecular flexibility index (Phi) is 5.61. The first-order valence-corrected chi connectivity index (χ1v) is 10.2. The molecule has 2 aromatic rings. The fourth-order valence-corrected chi connectivity index (χ4v) is 4.27. The zero-order valence-electron chi connectivity index (χ0n) is 16.1. The van der Waals surface area contributed by atoms with Crippen LogP contribution >= 0.6 is 0 Å². The summed E-state index contributed by atoms with van der Waals surface area (Å²) in [6.07, 6.45) is 2.99. The summed E-state index contributed by atoms with van der Waals surface area (Å²) in [4.78, 5) is 14.4. The average molecular weight is 407 g/mol. The number of amides is 1. The fraction of sp³-hybridized carbons (Fsp3) is 0.571. The van der Waals surface area contributed by atoms with Crippen molar-refractivity contribution in [2.45, 2.75) is 63.0 Å². The topological polar surface area (TPSA) is 59.2 Å². The van der Waals surface area contributed by atoms with Crippen molar-refractivity contribution < 1.29 is 22.4 Å². The van der Waals surface area contributed by atoms with E-state index in [4.69, 9.17) is 4.42 Å². The number of halogens is 3. The molecule has 0 N–H and O–H groups in total. The number of likely N-dealkylation sites (tertiary alicyclic amines) is 1. The molecule has 2 fully saturated rings. The Hall–Kier alpha value is -2.38. The predicted octanol–water partition coefficient (Wildman–Crippen LogP) is 5.16. The fourth-order valence-electron chi connectivity index (χ4n) is 4.27. The number of hydrogen-bond acceptors (Lipinski definition) is 4. The molecule has 4 rings (SSSR count). The van der Waals surface area contributed by atoms with Gasteiger partial charge in [-0.05, 0) is 49.9 Å². The minimum Gasteiger partial charge on any atom is -0.425 e. The molecule has 1 aromatic carbocycles. The molecule has 1 aromatic heterocycles. The van der Waals surface area contributed by atoms with E-state index >= 15 is 0 Å². The molecule has 0 bridgehead atoms. The number of rotatable bonds is 3. The average Bonchev–Trinajstić information content (AvgIpc) is 3.24. The Morgan fingerprint density at radius 2 is 1.55 bits per heavy atom. The number of aromatic nitrogens is 2. The highest BCUT2D eigenvalue weighted by molar-refractivity contribution is 5.94. The maximum atomic E-state index is 12.8. The van der Waals surface area contributed by atoms with Crippen molar-refractivity contribution >= 4 is 5.91 Å². The number of hydrogen-bond donors (Lipinski definition) is 0. The van der Waals surface area contributed by atoms with E-state index in [9.17, 15) is 18.0 Å². The van der Waals surface area contributed by atoms with Gasteiger partial charge in [0, 0.05) is 24.6 Å². The summed E-state index contributed by atoms with van der Waals surface area (Å²) in [7, 11) is 0. The van der Waals surface area contributed by atoms with Gasteiger partial charge in [0.25, 0.3) is 5.91 Å². The molecule has 1 aliphatic heterocycles. The van der Waals surface area contributed by atoms with Crippen LogP contribution < -0.4 is 0 Å². The lowest BCUT2D eigenvalue weighted by Crippen LogP contribution is -2.39. The normalized spacial score (nSPS) is 21.3. The molecule has 1 saturated heterocycles. The van der Waals surface area contributed by atoms with Crippen LogP contribution in [0.25, 0.3) is 0 Å². The number of piperidine rings is 1. The highest BCUT2D eigenvalue weighted by atomic mass is 19.4. The van der Waals surface area contributed by atoms with Gasteiger partial charge in [-0.2, -0.15) is 13.2 Å². The first kappa shape index (κ1) is 19.9. The van der Waals surface area contributed by atoms with Crippen molar-refractivity contribution in [1.29, 1.82) is 0 Å². The van der Waals surface area contributed by atoms with E-state index in [-0.39, 0.29) is 17.4 Å². The standard InChI is InChI=1S/C21H24F3N3O2/c22-21(23,24)17-10-8-15(9-11-17)20(28)27-12-4-7-16(13-27)19-26-25-18(29-19)14-5-2-1-3-6-14/h8-11,14,16H,1-7,12-13H2. The number of carbonyl (C=O) groups is 1. The van der Waals surface area contributed by atoms with E-state index in [0.29, 0.717) is 30.8 Å². The van der Waals surface area contributed by atoms with Crippen LogP contribution in [-0.2, 0) is 6.18 Å². The zero-order valence-corrected chi connectivity index (χ0v) is 16.1. The molecule has 1 amide bonds. The minimum absolute atomic E-state index is 0.0352. The molecule has 29 heavy (non-hydrogen) atoms. The van der Waals surface area contributed by atoms with Gasteiger partial charge in [0.05, 0.1) is 11.5 Å². The van der Waals surface area contributed by atoms with E-state index in [1.807, 2.05) is 0 Å². The van der Waals surface area contributed by atoms with Crippen molar-refractivity contribution in [3.63, 3.8) is 0 Å². The molecule has 156 valence electrons. The third-order valence-corrected chi connectivity index (χ3v) is 5.93. The molecule has 8 heteroatoms. The Bertz CT molecular complexity index is 842. The first-order valence-electron chi connectivity index (χ1n) is 10.2. The lowest BCUT2D eigenvalue weighted by molar-refractivity contribution is -0.137. The van der Waals surface area contributed by atoms with Gasteiger partial charge < -0.3 is 9.32 Å². The number of nitrogens with zero attached hydrogens (tertiary/aromatic N) is 3. The number of alkyl halides is 3.